The molecule has 114 valence electrons. The molecule has 1 aromatic carbocycles. The zero-order chi connectivity index (χ0) is 15.6. The Bertz CT molecular complexity index is 553. The number of Topliss-reactive ketones (excluding diaryl/α,β-unsaturated/α-hetero) is 1. The van der Waals surface area contributed by atoms with Crippen LogP contribution in [0.2, 0.25) is 0 Å². The summed E-state index contributed by atoms with van der Waals surface area (Å²) in [5, 5.41) is 9.03. The van der Waals surface area contributed by atoms with Gasteiger partial charge < -0.3 is 14.7 Å². The summed E-state index contributed by atoms with van der Waals surface area (Å²) in [5.74, 6) is 0.482. The van der Waals surface area contributed by atoms with Gasteiger partial charge in [-0.2, -0.15) is 0 Å². The fraction of sp³-hybridized carbons (Fsp3) is 0.500. The Labute approximate surface area is 124 Å². The topological polar surface area (TPSA) is 66.8 Å². The lowest BCUT2D eigenvalue weighted by molar-refractivity contribution is -0.128. The number of anilines is 1. The van der Waals surface area contributed by atoms with Gasteiger partial charge in [-0.25, -0.2) is 0 Å². The molecule has 1 heterocycles. The molecule has 0 fully saturated rings. The molecule has 0 aliphatic carbocycles. The molecule has 1 aliphatic heterocycles. The van der Waals surface area contributed by atoms with Crippen molar-refractivity contribution in [1.29, 1.82) is 0 Å². The number of hydrogen-bond donors (Lipinski definition) is 1. The van der Waals surface area contributed by atoms with Crippen LogP contribution < -0.4 is 9.64 Å². The van der Waals surface area contributed by atoms with Gasteiger partial charge >= 0.3 is 0 Å². The molecule has 1 unspecified atom stereocenters. The number of rotatable bonds is 5. The van der Waals surface area contributed by atoms with Crippen LogP contribution in [-0.2, 0) is 4.79 Å². The van der Waals surface area contributed by atoms with Gasteiger partial charge in [0.1, 0.15) is 5.75 Å². The van der Waals surface area contributed by atoms with Gasteiger partial charge in [0.2, 0.25) is 0 Å². The van der Waals surface area contributed by atoms with Crippen LogP contribution in [0, 0.1) is 5.92 Å². The fourth-order valence-corrected chi connectivity index (χ4v) is 2.39. The highest BCUT2D eigenvalue weighted by Gasteiger charge is 2.36. The molecular weight excluding hydrogens is 270 g/mol. The first-order valence-electron chi connectivity index (χ1n) is 7.19. The maximum Gasteiger partial charge on any atom is 0.268 e. The van der Waals surface area contributed by atoms with Crippen LogP contribution in [-0.4, -0.2) is 36.1 Å². The minimum atomic E-state index is -0.528. The lowest BCUT2D eigenvalue weighted by Crippen LogP contribution is -2.48. The monoisotopic (exact) mass is 291 g/mol. The summed E-state index contributed by atoms with van der Waals surface area (Å²) in [6.45, 7) is 5.78. The maximum atomic E-state index is 12.6. The Balaban J connectivity index is 2.44. The van der Waals surface area contributed by atoms with E-state index < -0.39 is 6.10 Å². The number of benzene rings is 1. The van der Waals surface area contributed by atoms with Crippen LogP contribution >= 0.6 is 0 Å². The van der Waals surface area contributed by atoms with Gasteiger partial charge in [-0.1, -0.05) is 13.8 Å². The van der Waals surface area contributed by atoms with E-state index in [9.17, 15) is 9.59 Å². The highest BCUT2D eigenvalue weighted by molar-refractivity contribution is 6.02. The predicted molar refractivity (Wildman–Crippen MR) is 79.8 cm³/mol. The molecule has 0 bridgehead atoms. The van der Waals surface area contributed by atoms with Crippen LogP contribution in [0.1, 0.15) is 37.6 Å². The quantitative estimate of drug-likeness (QED) is 0.843. The van der Waals surface area contributed by atoms with Crippen LogP contribution in [0.3, 0.4) is 0 Å². The van der Waals surface area contributed by atoms with Crippen molar-refractivity contribution < 1.29 is 19.4 Å². The van der Waals surface area contributed by atoms with E-state index in [1.807, 2.05) is 13.8 Å². The third-order valence-corrected chi connectivity index (χ3v) is 3.56. The van der Waals surface area contributed by atoms with E-state index >= 15 is 0 Å². The highest BCUT2D eigenvalue weighted by Crippen LogP contribution is 2.36. The predicted octanol–water partition coefficient (Wildman–Crippen LogP) is 2.02. The Morgan fingerprint density at radius 2 is 2.14 bits per heavy atom. The normalized spacial score (nSPS) is 17.7. The van der Waals surface area contributed by atoms with E-state index in [0.29, 0.717) is 30.0 Å². The average Bonchev–Trinajstić information content (AvgIpc) is 2.44. The number of fused-ring (bicyclic) bond motifs is 1. The molecule has 0 aromatic heterocycles. The SMILES string of the molecule is CC(=O)c1ccc2c(c1)N(CCCO)C(=O)C(C(C)C)O2. The van der Waals surface area contributed by atoms with E-state index in [1.165, 1.54) is 6.92 Å². The van der Waals surface area contributed by atoms with Crippen LogP contribution in [0.25, 0.3) is 0 Å². The van der Waals surface area contributed by atoms with Gasteiger partial charge in [0.15, 0.2) is 11.9 Å². The van der Waals surface area contributed by atoms with Gasteiger partial charge in [-0.15, -0.1) is 0 Å². The van der Waals surface area contributed by atoms with Gasteiger partial charge in [-0.3, -0.25) is 9.59 Å². The molecule has 5 heteroatoms. The second-order valence-electron chi connectivity index (χ2n) is 5.59. The first kappa shape index (κ1) is 15.5. The number of ketones is 1. The van der Waals surface area contributed by atoms with E-state index in [0.717, 1.165) is 0 Å². The van der Waals surface area contributed by atoms with Crippen molar-refractivity contribution >= 4 is 17.4 Å². The number of carbonyl (C=O) groups excluding carboxylic acids is 2. The zero-order valence-corrected chi connectivity index (χ0v) is 12.6. The number of aliphatic hydroxyl groups is 1. The number of ether oxygens (including phenoxy) is 1. The molecule has 0 radical (unpaired) electrons. The number of amides is 1. The summed E-state index contributed by atoms with van der Waals surface area (Å²) in [7, 11) is 0. The molecule has 1 atom stereocenters. The summed E-state index contributed by atoms with van der Waals surface area (Å²) in [5.41, 5.74) is 1.15. The summed E-state index contributed by atoms with van der Waals surface area (Å²) < 4.78 is 5.79. The summed E-state index contributed by atoms with van der Waals surface area (Å²) in [6.07, 6.45) is -0.0420. The molecule has 21 heavy (non-hydrogen) atoms. The Morgan fingerprint density at radius 3 is 2.71 bits per heavy atom. The van der Waals surface area contributed by atoms with Crippen molar-refractivity contribution in [3.63, 3.8) is 0 Å². The Hall–Kier alpha value is -1.88. The van der Waals surface area contributed by atoms with Gasteiger partial charge in [0.25, 0.3) is 5.91 Å². The lowest BCUT2D eigenvalue weighted by Gasteiger charge is -2.36. The van der Waals surface area contributed by atoms with Crippen LogP contribution in [0.15, 0.2) is 18.2 Å². The molecule has 1 amide bonds. The Kier molecular flexibility index (Phi) is 4.63. The largest absolute Gasteiger partial charge is 0.478 e. The van der Waals surface area contributed by atoms with Crippen molar-refractivity contribution in [2.45, 2.75) is 33.3 Å². The minimum absolute atomic E-state index is 0.0126. The molecular formula is C16H21NO4. The van der Waals surface area contributed by atoms with E-state index in [-0.39, 0.29) is 24.2 Å². The number of hydrogen-bond acceptors (Lipinski definition) is 4. The molecule has 0 saturated carbocycles. The van der Waals surface area contributed by atoms with Crippen LogP contribution in [0.5, 0.6) is 5.75 Å². The van der Waals surface area contributed by atoms with Crippen molar-refractivity contribution in [2.75, 3.05) is 18.1 Å². The fourth-order valence-electron chi connectivity index (χ4n) is 2.39. The molecule has 5 nitrogen and oxygen atoms in total. The summed E-state index contributed by atoms with van der Waals surface area (Å²) >= 11 is 0. The highest BCUT2D eigenvalue weighted by atomic mass is 16.5. The maximum absolute atomic E-state index is 12.6. The molecule has 1 N–H and O–H groups in total. The first-order valence-corrected chi connectivity index (χ1v) is 7.19. The molecule has 1 aliphatic rings. The van der Waals surface area contributed by atoms with Gasteiger partial charge in [-0.05, 0) is 37.5 Å². The summed E-state index contributed by atoms with van der Waals surface area (Å²) in [4.78, 5) is 25.7. The molecule has 2 rings (SSSR count). The molecule has 0 saturated heterocycles. The van der Waals surface area contributed by atoms with E-state index in [4.69, 9.17) is 9.84 Å². The van der Waals surface area contributed by atoms with Crippen molar-refractivity contribution in [2.24, 2.45) is 5.92 Å². The van der Waals surface area contributed by atoms with E-state index in [2.05, 4.69) is 0 Å². The standard InChI is InChI=1S/C16H21NO4/c1-10(2)15-16(20)17(7-4-8-18)13-9-12(11(3)19)5-6-14(13)21-15/h5-6,9-10,15,18H,4,7-8H2,1-3H3. The zero-order valence-electron chi connectivity index (χ0n) is 12.6. The number of carbonyl (C=O) groups is 2. The van der Waals surface area contributed by atoms with Crippen LogP contribution in [0.4, 0.5) is 5.69 Å². The number of aliphatic hydroxyl groups excluding tert-OH is 1. The Morgan fingerprint density at radius 1 is 1.43 bits per heavy atom. The third kappa shape index (κ3) is 3.08. The molecule has 0 spiro atoms. The summed E-state index contributed by atoms with van der Waals surface area (Å²) in [6, 6.07) is 5.13. The first-order chi connectivity index (χ1) is 9.95. The smallest absolute Gasteiger partial charge is 0.268 e. The third-order valence-electron chi connectivity index (χ3n) is 3.56. The van der Waals surface area contributed by atoms with Crippen molar-refractivity contribution in [3.8, 4) is 5.75 Å². The van der Waals surface area contributed by atoms with E-state index in [1.54, 1.807) is 23.1 Å². The van der Waals surface area contributed by atoms with Gasteiger partial charge in [0, 0.05) is 18.7 Å². The average molecular weight is 291 g/mol. The van der Waals surface area contributed by atoms with Crippen molar-refractivity contribution in [1.82, 2.24) is 0 Å². The molecule has 1 aromatic rings. The second kappa shape index (κ2) is 6.26. The van der Waals surface area contributed by atoms with Gasteiger partial charge in [0.05, 0.1) is 5.69 Å². The minimum Gasteiger partial charge on any atom is -0.478 e. The lowest BCUT2D eigenvalue weighted by atomic mass is 10.0. The van der Waals surface area contributed by atoms with Crippen molar-refractivity contribution in [3.05, 3.63) is 23.8 Å². The second-order valence-corrected chi connectivity index (χ2v) is 5.59. The number of nitrogens with zero attached hydrogens (tertiary/aromatic N) is 1.